The van der Waals surface area contributed by atoms with Crippen LogP contribution < -0.4 is 15.4 Å². The lowest BCUT2D eigenvalue weighted by Gasteiger charge is -2.46. The summed E-state index contributed by atoms with van der Waals surface area (Å²) in [6, 6.07) is 11.4. The topological polar surface area (TPSA) is 179 Å². The third-order valence-electron chi connectivity index (χ3n) is 10.0. The number of ether oxygens (including phenoxy) is 1. The number of alkyl halides is 3. The van der Waals surface area contributed by atoms with Crippen LogP contribution in [0.5, 0.6) is 5.75 Å². The highest BCUT2D eigenvalue weighted by atomic mass is 19.4. The lowest BCUT2D eigenvalue weighted by atomic mass is 9.94. The first kappa shape index (κ1) is 41.3. The van der Waals surface area contributed by atoms with E-state index in [1.54, 1.807) is 55.1 Å². The van der Waals surface area contributed by atoms with Gasteiger partial charge >= 0.3 is 6.18 Å². The number of nitrogens with one attached hydrogen (secondary N) is 2. The minimum Gasteiger partial charge on any atom is -0.507 e. The highest BCUT2D eigenvalue weighted by molar-refractivity contribution is 5.90. The Bertz CT molecular complexity index is 2050. The molecule has 4 aromatic rings. The van der Waals surface area contributed by atoms with Crippen LogP contribution in [0.3, 0.4) is 0 Å². The van der Waals surface area contributed by atoms with Crippen LogP contribution in [0.2, 0.25) is 0 Å². The van der Waals surface area contributed by atoms with E-state index < -0.39 is 54.0 Å². The summed E-state index contributed by atoms with van der Waals surface area (Å²) >= 11 is 0. The Hall–Kier alpha value is -5.33. The number of aliphatic hydroxyl groups is 2. The number of halogens is 4. The molecule has 0 spiro atoms. The monoisotopic (exact) mass is 799 g/mol. The molecular weight excluding hydrogens is 754 g/mol. The SMILES string of the molecule is CCCc1nnc(C[C@H](C[C@H](O)CN2CCN(C(C)(C)c3ncc(-c4ccc(F)cc4)o3)C[C@H]2C(=O)NCC(F)(F)F)C(=O)NC2=C(O)COc3ccccc32)o1. The van der Waals surface area contributed by atoms with Crippen LogP contribution in [-0.4, -0.2) is 105 Å². The van der Waals surface area contributed by atoms with Crippen molar-refractivity contribution in [3.05, 3.63) is 89.5 Å². The number of benzene rings is 2. The summed E-state index contributed by atoms with van der Waals surface area (Å²) in [5.41, 5.74) is 0.252. The minimum absolute atomic E-state index is 0.0569. The number of hydrogen-bond acceptors (Lipinski definition) is 12. The van der Waals surface area contributed by atoms with Gasteiger partial charge in [-0.3, -0.25) is 19.4 Å². The van der Waals surface area contributed by atoms with E-state index in [9.17, 15) is 37.4 Å². The van der Waals surface area contributed by atoms with Crippen LogP contribution in [0.1, 0.15) is 56.8 Å². The zero-order chi connectivity index (χ0) is 40.9. The van der Waals surface area contributed by atoms with E-state index in [-0.39, 0.29) is 62.3 Å². The summed E-state index contributed by atoms with van der Waals surface area (Å²) in [7, 11) is 0. The molecule has 4 N–H and O–H groups in total. The van der Waals surface area contributed by atoms with E-state index in [2.05, 4.69) is 20.5 Å². The van der Waals surface area contributed by atoms with Crippen LogP contribution in [0, 0.1) is 11.7 Å². The summed E-state index contributed by atoms with van der Waals surface area (Å²) in [5.74, 6) is -1.41. The maximum atomic E-state index is 14.0. The summed E-state index contributed by atoms with van der Waals surface area (Å²) in [6.45, 7) is 4.05. The number of carbonyl (C=O) groups excluding carboxylic acids is 2. The maximum Gasteiger partial charge on any atom is 0.405 e. The van der Waals surface area contributed by atoms with Gasteiger partial charge in [0.05, 0.1) is 23.5 Å². The average Bonchev–Trinajstić information content (AvgIpc) is 3.86. The lowest BCUT2D eigenvalue weighted by molar-refractivity contribution is -0.144. The second-order valence-corrected chi connectivity index (χ2v) is 14.6. The summed E-state index contributed by atoms with van der Waals surface area (Å²) < 4.78 is 70.7. The molecule has 0 unspecified atom stereocenters. The van der Waals surface area contributed by atoms with Gasteiger partial charge in [-0.05, 0) is 63.1 Å². The second kappa shape index (κ2) is 17.4. The quantitative estimate of drug-likeness (QED) is 0.121. The number of carbonyl (C=O) groups is 2. The molecule has 2 aromatic carbocycles. The van der Waals surface area contributed by atoms with Crippen LogP contribution in [-0.2, 0) is 28.0 Å². The number of amides is 2. The van der Waals surface area contributed by atoms with Gasteiger partial charge in [0.15, 0.2) is 11.5 Å². The number of aliphatic hydroxyl groups excluding tert-OH is 2. The van der Waals surface area contributed by atoms with Crippen LogP contribution in [0.15, 0.2) is 69.3 Å². The van der Waals surface area contributed by atoms with Gasteiger partial charge in [0.25, 0.3) is 0 Å². The van der Waals surface area contributed by atoms with Crippen molar-refractivity contribution in [2.45, 2.75) is 70.3 Å². The number of rotatable bonds is 15. The summed E-state index contributed by atoms with van der Waals surface area (Å²) in [5, 5.41) is 35.1. The van der Waals surface area contributed by atoms with Crippen LogP contribution >= 0.6 is 0 Å². The molecule has 306 valence electrons. The van der Waals surface area contributed by atoms with Gasteiger partial charge in [-0.1, -0.05) is 19.1 Å². The highest BCUT2D eigenvalue weighted by Gasteiger charge is 2.43. The molecule has 2 amide bonds. The number of para-hydroxylation sites is 1. The average molecular weight is 800 g/mol. The Balaban J connectivity index is 1.20. The van der Waals surface area contributed by atoms with Crippen molar-refractivity contribution < 1.29 is 50.9 Å². The normalized spacial score (nSPS) is 17.8. The molecule has 18 heteroatoms. The number of piperazine rings is 1. The van der Waals surface area contributed by atoms with E-state index in [0.29, 0.717) is 41.5 Å². The molecule has 1 saturated heterocycles. The van der Waals surface area contributed by atoms with Crippen molar-refractivity contribution in [2.24, 2.45) is 5.92 Å². The molecule has 1 fully saturated rings. The molecule has 4 heterocycles. The first-order chi connectivity index (χ1) is 27.1. The third-order valence-corrected chi connectivity index (χ3v) is 10.0. The van der Waals surface area contributed by atoms with E-state index >= 15 is 0 Å². The number of aryl methyl sites for hydroxylation is 1. The van der Waals surface area contributed by atoms with Crippen molar-refractivity contribution in [3.63, 3.8) is 0 Å². The molecule has 0 aliphatic carbocycles. The third kappa shape index (κ3) is 10.2. The fraction of sp³-hybridized carbons (Fsp3) is 0.462. The molecule has 2 aromatic heterocycles. The maximum absolute atomic E-state index is 14.0. The molecule has 2 aliphatic heterocycles. The van der Waals surface area contributed by atoms with Crippen molar-refractivity contribution >= 4 is 17.5 Å². The van der Waals surface area contributed by atoms with Crippen molar-refractivity contribution in [2.75, 3.05) is 39.3 Å². The minimum atomic E-state index is -4.66. The van der Waals surface area contributed by atoms with E-state index in [4.69, 9.17) is 13.6 Å². The molecule has 14 nitrogen and oxygen atoms in total. The van der Waals surface area contributed by atoms with Gasteiger partial charge in [0, 0.05) is 56.1 Å². The highest BCUT2D eigenvalue weighted by Crippen LogP contribution is 2.34. The smallest absolute Gasteiger partial charge is 0.405 e. The van der Waals surface area contributed by atoms with Crippen molar-refractivity contribution in [1.82, 2.24) is 35.6 Å². The van der Waals surface area contributed by atoms with Crippen molar-refractivity contribution in [1.29, 1.82) is 0 Å². The lowest BCUT2D eigenvalue weighted by Crippen LogP contribution is -2.63. The predicted molar refractivity (Wildman–Crippen MR) is 197 cm³/mol. The summed E-state index contributed by atoms with van der Waals surface area (Å²) in [6.07, 6.45) is -3.40. The zero-order valence-corrected chi connectivity index (χ0v) is 31.7. The molecule has 6 rings (SSSR count). The van der Waals surface area contributed by atoms with Gasteiger partial charge < -0.3 is 34.4 Å². The molecule has 0 radical (unpaired) electrons. The molecule has 2 aliphatic rings. The number of oxazole rings is 1. The van der Waals surface area contributed by atoms with E-state index in [1.807, 2.05) is 17.1 Å². The zero-order valence-electron chi connectivity index (χ0n) is 31.7. The molecule has 0 bridgehead atoms. The second-order valence-electron chi connectivity index (χ2n) is 14.6. The van der Waals surface area contributed by atoms with E-state index in [0.717, 1.165) is 6.42 Å². The first-order valence-corrected chi connectivity index (χ1v) is 18.6. The number of β-amino-alcohol motifs (C(OH)–C–C–N with tert-alkyl or cyclic N) is 1. The number of nitrogens with zero attached hydrogens (tertiary/aromatic N) is 5. The fourth-order valence-corrected chi connectivity index (χ4v) is 6.93. The fourth-order valence-electron chi connectivity index (χ4n) is 6.93. The first-order valence-electron chi connectivity index (χ1n) is 18.6. The number of aromatic nitrogens is 3. The molecule has 57 heavy (non-hydrogen) atoms. The largest absolute Gasteiger partial charge is 0.507 e. The van der Waals surface area contributed by atoms with Gasteiger partial charge in [-0.25, -0.2) is 9.37 Å². The number of fused-ring (bicyclic) bond motifs is 1. The Labute approximate surface area is 325 Å². The van der Waals surface area contributed by atoms with Gasteiger partial charge in [-0.15, -0.1) is 10.2 Å². The van der Waals surface area contributed by atoms with Crippen molar-refractivity contribution in [3.8, 4) is 17.1 Å². The Morgan fingerprint density at radius 2 is 1.77 bits per heavy atom. The predicted octanol–water partition coefficient (Wildman–Crippen LogP) is 4.76. The van der Waals surface area contributed by atoms with Crippen LogP contribution in [0.4, 0.5) is 17.6 Å². The standard InChI is InChI=1S/C39H45F4N7O7/c1-4-7-32-47-48-33(57-32)17-24(35(53)46-34-27-8-5-6-9-30(27)55-21-29(34)52)16-26(51)19-49-14-15-50(20-28(49)36(54)45-22-39(41,42)43)38(2,3)37-44-18-31(56-37)23-10-12-25(40)13-11-23/h5-6,8-13,18,24,26,28,51-52H,4,7,14-17,19-22H2,1-3H3,(H,45,54)(H,46,53)/t24-,26-,28-/m0/s1. The van der Waals surface area contributed by atoms with Crippen LogP contribution in [0.25, 0.3) is 17.0 Å². The number of hydrogen-bond donors (Lipinski definition) is 4. The summed E-state index contributed by atoms with van der Waals surface area (Å²) in [4.78, 5) is 35.3. The molecule has 3 atom stereocenters. The Morgan fingerprint density at radius 3 is 2.51 bits per heavy atom. The Kier molecular flexibility index (Phi) is 12.6. The van der Waals surface area contributed by atoms with Gasteiger partial charge in [0.1, 0.15) is 30.8 Å². The molecular formula is C39H45F4N7O7. The van der Waals surface area contributed by atoms with Gasteiger partial charge in [0.2, 0.25) is 29.5 Å². The van der Waals surface area contributed by atoms with E-state index in [1.165, 1.54) is 18.3 Å². The Morgan fingerprint density at radius 1 is 1.04 bits per heavy atom. The molecule has 0 saturated carbocycles. The van der Waals surface area contributed by atoms with Gasteiger partial charge in [-0.2, -0.15) is 13.2 Å².